The zero-order valence-corrected chi connectivity index (χ0v) is 10.8. The van der Waals surface area contributed by atoms with E-state index in [4.69, 9.17) is 5.21 Å². The number of hydrogen-bond donors (Lipinski definition) is 1. The topological polar surface area (TPSA) is 65.3 Å². The number of nitrogens with zero attached hydrogens (tertiary/aromatic N) is 3. The molecule has 0 fully saturated rings. The number of carbonyl (C=O) groups is 1. The molecule has 5 nitrogen and oxygen atoms in total. The van der Waals surface area contributed by atoms with E-state index in [1.807, 2.05) is 18.2 Å². The summed E-state index contributed by atoms with van der Waals surface area (Å²) in [6.07, 6.45) is 1.90. The molecule has 0 saturated carbocycles. The minimum absolute atomic E-state index is 0.0104. The number of amides is 1. The fourth-order valence-corrected chi connectivity index (χ4v) is 1.41. The third kappa shape index (κ3) is 3.41. The molecule has 0 aromatic heterocycles. The van der Waals surface area contributed by atoms with Gasteiger partial charge in [0.05, 0.1) is 17.7 Å². The third-order valence-corrected chi connectivity index (χ3v) is 2.51. The molecule has 5 heteroatoms. The lowest BCUT2D eigenvalue weighted by Gasteiger charge is -2.09. The third-order valence-electron chi connectivity index (χ3n) is 2.51. The van der Waals surface area contributed by atoms with Crippen LogP contribution in [0.3, 0.4) is 0 Å². The molecule has 0 radical (unpaired) electrons. The summed E-state index contributed by atoms with van der Waals surface area (Å²) in [6, 6.07) is 7.28. The lowest BCUT2D eigenvalue weighted by Crippen LogP contribution is -2.23. The van der Waals surface area contributed by atoms with Gasteiger partial charge in [-0.25, -0.2) is 4.99 Å². The van der Waals surface area contributed by atoms with Crippen LogP contribution in [0.4, 0.5) is 5.69 Å². The van der Waals surface area contributed by atoms with E-state index >= 15 is 0 Å². The first-order valence-electron chi connectivity index (χ1n) is 5.68. The van der Waals surface area contributed by atoms with Gasteiger partial charge in [-0.1, -0.05) is 30.3 Å². The molecule has 18 heavy (non-hydrogen) atoms. The standard InChI is InChI=1S/C13H17N3O2/c1-4-13(17)16(3)9-14-12-8-6-5-7-11(12)10(2)15-18/h5-9,18H,4H2,1-3H3. The summed E-state index contributed by atoms with van der Waals surface area (Å²) in [7, 11) is 1.66. The van der Waals surface area contributed by atoms with Crippen LogP contribution in [0.1, 0.15) is 25.8 Å². The molecule has 0 spiro atoms. The molecular weight excluding hydrogens is 230 g/mol. The predicted molar refractivity (Wildman–Crippen MR) is 71.7 cm³/mol. The Hall–Kier alpha value is -2.17. The van der Waals surface area contributed by atoms with Crippen molar-refractivity contribution in [3.63, 3.8) is 0 Å². The maximum atomic E-state index is 11.4. The highest BCUT2D eigenvalue weighted by Crippen LogP contribution is 2.19. The van der Waals surface area contributed by atoms with Crippen LogP contribution >= 0.6 is 0 Å². The maximum absolute atomic E-state index is 11.4. The number of benzene rings is 1. The molecule has 0 aliphatic heterocycles. The van der Waals surface area contributed by atoms with Crippen molar-refractivity contribution in [3.8, 4) is 0 Å². The van der Waals surface area contributed by atoms with E-state index in [1.165, 1.54) is 11.2 Å². The Bertz CT molecular complexity index is 481. The van der Waals surface area contributed by atoms with Gasteiger partial charge < -0.3 is 10.1 Å². The summed E-state index contributed by atoms with van der Waals surface area (Å²) in [5.41, 5.74) is 1.87. The number of oxime groups is 1. The van der Waals surface area contributed by atoms with E-state index in [2.05, 4.69) is 10.1 Å². The predicted octanol–water partition coefficient (Wildman–Crippen LogP) is 2.41. The van der Waals surface area contributed by atoms with Crippen molar-refractivity contribution in [2.24, 2.45) is 10.1 Å². The quantitative estimate of drug-likeness (QED) is 0.384. The summed E-state index contributed by atoms with van der Waals surface area (Å²) in [4.78, 5) is 17.0. The Morgan fingerprint density at radius 3 is 2.72 bits per heavy atom. The maximum Gasteiger partial charge on any atom is 0.227 e. The van der Waals surface area contributed by atoms with Gasteiger partial charge in [-0.2, -0.15) is 0 Å². The van der Waals surface area contributed by atoms with E-state index in [0.29, 0.717) is 17.8 Å². The fraction of sp³-hybridized carbons (Fsp3) is 0.308. The van der Waals surface area contributed by atoms with E-state index in [0.717, 1.165) is 5.56 Å². The monoisotopic (exact) mass is 247 g/mol. The van der Waals surface area contributed by atoms with Crippen LogP contribution in [0.25, 0.3) is 0 Å². The van der Waals surface area contributed by atoms with Crippen molar-refractivity contribution in [2.75, 3.05) is 7.05 Å². The average Bonchev–Trinajstić information content (AvgIpc) is 2.43. The molecule has 1 amide bonds. The molecular formula is C13H17N3O2. The molecule has 1 N–H and O–H groups in total. The first kappa shape index (κ1) is 13.9. The molecule has 0 saturated heterocycles. The fourth-order valence-electron chi connectivity index (χ4n) is 1.41. The number of hydrogen-bond acceptors (Lipinski definition) is 4. The normalized spacial score (nSPS) is 11.8. The lowest BCUT2D eigenvalue weighted by atomic mass is 10.1. The van der Waals surface area contributed by atoms with Gasteiger partial charge in [0.1, 0.15) is 0 Å². The van der Waals surface area contributed by atoms with Crippen LogP contribution in [0.5, 0.6) is 0 Å². The molecule has 0 atom stereocenters. The minimum atomic E-state index is -0.0104. The molecule has 1 rings (SSSR count). The van der Waals surface area contributed by atoms with E-state index in [-0.39, 0.29) is 5.91 Å². The summed E-state index contributed by atoms with van der Waals surface area (Å²) >= 11 is 0. The Labute approximate surface area is 106 Å². The summed E-state index contributed by atoms with van der Waals surface area (Å²) in [6.45, 7) is 3.48. The Kier molecular flexibility index (Phi) is 5.05. The number of carbonyl (C=O) groups excluding carboxylic acids is 1. The van der Waals surface area contributed by atoms with Crippen LogP contribution < -0.4 is 0 Å². The minimum Gasteiger partial charge on any atom is -0.411 e. The van der Waals surface area contributed by atoms with E-state index < -0.39 is 0 Å². The van der Waals surface area contributed by atoms with Crippen LogP contribution in [0.15, 0.2) is 34.4 Å². The molecule has 96 valence electrons. The van der Waals surface area contributed by atoms with Gasteiger partial charge in [0, 0.05) is 19.0 Å². The van der Waals surface area contributed by atoms with Gasteiger partial charge in [0.25, 0.3) is 0 Å². The zero-order chi connectivity index (χ0) is 13.5. The highest BCUT2D eigenvalue weighted by Gasteiger charge is 2.05. The Morgan fingerprint density at radius 1 is 1.44 bits per heavy atom. The molecule has 0 aliphatic rings. The first-order chi connectivity index (χ1) is 8.60. The second-order valence-corrected chi connectivity index (χ2v) is 3.81. The zero-order valence-electron chi connectivity index (χ0n) is 10.8. The van der Waals surface area contributed by atoms with Crippen LogP contribution in [-0.2, 0) is 4.79 Å². The van der Waals surface area contributed by atoms with E-state index in [1.54, 1.807) is 27.0 Å². The van der Waals surface area contributed by atoms with Gasteiger partial charge in [0.15, 0.2) is 0 Å². The van der Waals surface area contributed by atoms with Gasteiger partial charge in [-0.15, -0.1) is 0 Å². The van der Waals surface area contributed by atoms with Crippen molar-refractivity contribution in [3.05, 3.63) is 29.8 Å². The Morgan fingerprint density at radius 2 is 2.11 bits per heavy atom. The smallest absolute Gasteiger partial charge is 0.227 e. The number of rotatable bonds is 4. The SMILES string of the molecule is CCC(=O)N(C)C=Nc1ccccc1C(C)=NO. The van der Waals surface area contributed by atoms with Crippen molar-refractivity contribution in [1.82, 2.24) is 4.90 Å². The Balaban J connectivity index is 2.98. The summed E-state index contributed by atoms with van der Waals surface area (Å²) in [5.74, 6) is -0.0104. The molecule has 0 unspecified atom stereocenters. The molecule has 0 aliphatic carbocycles. The van der Waals surface area contributed by atoms with Crippen LogP contribution in [0, 0.1) is 0 Å². The van der Waals surface area contributed by atoms with E-state index in [9.17, 15) is 4.79 Å². The van der Waals surface area contributed by atoms with Gasteiger partial charge >= 0.3 is 0 Å². The van der Waals surface area contributed by atoms with Crippen molar-refractivity contribution in [1.29, 1.82) is 0 Å². The highest BCUT2D eigenvalue weighted by atomic mass is 16.4. The molecule has 1 aromatic rings. The van der Waals surface area contributed by atoms with Gasteiger partial charge in [-0.3, -0.25) is 4.79 Å². The highest BCUT2D eigenvalue weighted by molar-refractivity contribution is 6.03. The second-order valence-electron chi connectivity index (χ2n) is 3.81. The van der Waals surface area contributed by atoms with Gasteiger partial charge in [0.2, 0.25) is 5.91 Å². The number of aliphatic imine (C=N–C) groups is 1. The summed E-state index contributed by atoms with van der Waals surface area (Å²) in [5, 5.41) is 11.9. The molecule has 1 aromatic carbocycles. The molecule has 0 heterocycles. The van der Waals surface area contributed by atoms with Crippen molar-refractivity contribution >= 4 is 23.6 Å². The molecule has 0 bridgehead atoms. The lowest BCUT2D eigenvalue weighted by molar-refractivity contribution is -0.125. The second kappa shape index (κ2) is 6.54. The summed E-state index contributed by atoms with van der Waals surface area (Å²) < 4.78 is 0. The largest absolute Gasteiger partial charge is 0.411 e. The van der Waals surface area contributed by atoms with Crippen LogP contribution in [0.2, 0.25) is 0 Å². The van der Waals surface area contributed by atoms with Gasteiger partial charge in [-0.05, 0) is 13.0 Å². The number of para-hydroxylation sites is 1. The van der Waals surface area contributed by atoms with Crippen LogP contribution in [-0.4, -0.2) is 35.1 Å². The average molecular weight is 247 g/mol. The van der Waals surface area contributed by atoms with Crippen molar-refractivity contribution in [2.45, 2.75) is 20.3 Å². The van der Waals surface area contributed by atoms with Crippen molar-refractivity contribution < 1.29 is 10.0 Å². The first-order valence-corrected chi connectivity index (χ1v) is 5.68.